The van der Waals surface area contributed by atoms with E-state index in [9.17, 15) is 23.1 Å². The highest BCUT2D eigenvalue weighted by molar-refractivity contribution is 5.89. The van der Waals surface area contributed by atoms with Crippen LogP contribution in [0.15, 0.2) is 30.3 Å². The molecule has 2 aromatic carbocycles. The Labute approximate surface area is 211 Å². The number of rotatable bonds is 8. The van der Waals surface area contributed by atoms with Crippen molar-refractivity contribution in [2.45, 2.75) is 90.0 Å². The summed E-state index contributed by atoms with van der Waals surface area (Å²) in [5.74, 6) is -0.160. The fourth-order valence-electron chi connectivity index (χ4n) is 6.25. The molecule has 1 aliphatic heterocycles. The van der Waals surface area contributed by atoms with Gasteiger partial charge in [-0.3, -0.25) is 9.69 Å². The van der Waals surface area contributed by atoms with E-state index in [1.54, 1.807) is 18.2 Å². The van der Waals surface area contributed by atoms with E-state index in [0.717, 1.165) is 63.5 Å². The van der Waals surface area contributed by atoms with Crippen LogP contribution in [-0.4, -0.2) is 35.2 Å². The predicted molar refractivity (Wildman–Crippen MR) is 135 cm³/mol. The van der Waals surface area contributed by atoms with Gasteiger partial charge in [-0.2, -0.15) is 13.2 Å². The molecule has 1 saturated carbocycles. The molecular weight excluding hydrogens is 467 g/mol. The Morgan fingerprint density at radius 1 is 1.08 bits per heavy atom. The van der Waals surface area contributed by atoms with E-state index in [1.165, 1.54) is 6.07 Å². The summed E-state index contributed by atoms with van der Waals surface area (Å²) in [5.41, 5.74) is 0.156. The number of piperidine rings is 1. The van der Waals surface area contributed by atoms with Crippen LogP contribution in [0.1, 0.15) is 88.8 Å². The van der Waals surface area contributed by atoms with E-state index in [-0.39, 0.29) is 35.6 Å². The number of hydrogen-bond acceptors (Lipinski definition) is 3. The minimum atomic E-state index is -4.53. The van der Waals surface area contributed by atoms with Gasteiger partial charge in [0.25, 0.3) is 0 Å². The SMILES string of the molecule is CCC1CCC(Oc2ccc3ccc(C(CC)N4CCCC(CC(=O)O)C4)cc3c2C(F)(F)F)CC1. The van der Waals surface area contributed by atoms with Gasteiger partial charge in [0, 0.05) is 19.0 Å². The molecule has 2 unspecified atom stereocenters. The highest BCUT2D eigenvalue weighted by atomic mass is 19.4. The number of alkyl halides is 3. The van der Waals surface area contributed by atoms with Crippen LogP contribution in [-0.2, 0) is 11.0 Å². The quantitative estimate of drug-likeness (QED) is 0.397. The van der Waals surface area contributed by atoms with Crippen LogP contribution in [0.4, 0.5) is 13.2 Å². The van der Waals surface area contributed by atoms with Crippen LogP contribution in [0.5, 0.6) is 5.75 Å². The Balaban J connectivity index is 1.65. The number of carboxylic acids is 1. The average Bonchev–Trinajstić information content (AvgIpc) is 2.84. The van der Waals surface area contributed by atoms with E-state index in [1.807, 2.05) is 13.0 Å². The lowest BCUT2D eigenvalue weighted by molar-refractivity contribution is -0.139. The van der Waals surface area contributed by atoms with Crippen molar-refractivity contribution in [3.8, 4) is 5.75 Å². The van der Waals surface area contributed by atoms with Gasteiger partial charge >= 0.3 is 12.1 Å². The lowest BCUT2D eigenvalue weighted by atomic mass is 9.86. The smallest absolute Gasteiger partial charge is 0.420 e. The van der Waals surface area contributed by atoms with Gasteiger partial charge < -0.3 is 9.84 Å². The summed E-state index contributed by atoms with van der Waals surface area (Å²) in [7, 11) is 0. The molecule has 0 bridgehead atoms. The molecule has 198 valence electrons. The number of fused-ring (bicyclic) bond motifs is 1. The Bertz CT molecular complexity index is 1050. The maximum absolute atomic E-state index is 14.4. The first-order valence-corrected chi connectivity index (χ1v) is 13.5. The molecular formula is C29H38F3NO3. The van der Waals surface area contributed by atoms with Crippen molar-refractivity contribution in [2.75, 3.05) is 13.1 Å². The number of ether oxygens (including phenoxy) is 1. The zero-order chi connectivity index (χ0) is 25.9. The third-order valence-corrected chi connectivity index (χ3v) is 8.18. The fourth-order valence-corrected chi connectivity index (χ4v) is 6.25. The van der Waals surface area contributed by atoms with Crippen molar-refractivity contribution in [1.29, 1.82) is 0 Å². The maximum Gasteiger partial charge on any atom is 0.420 e. The third-order valence-electron chi connectivity index (χ3n) is 8.18. The minimum absolute atomic E-state index is 0.0547. The monoisotopic (exact) mass is 505 g/mol. The van der Waals surface area contributed by atoms with Gasteiger partial charge in [-0.25, -0.2) is 0 Å². The highest BCUT2D eigenvalue weighted by Crippen LogP contribution is 2.44. The maximum atomic E-state index is 14.4. The molecule has 2 fully saturated rings. The summed E-state index contributed by atoms with van der Waals surface area (Å²) in [6.07, 6.45) is 2.60. The largest absolute Gasteiger partial charge is 0.490 e. The van der Waals surface area contributed by atoms with Crippen LogP contribution in [0.25, 0.3) is 10.8 Å². The van der Waals surface area contributed by atoms with E-state index in [0.29, 0.717) is 17.8 Å². The molecule has 7 heteroatoms. The minimum Gasteiger partial charge on any atom is -0.490 e. The van der Waals surface area contributed by atoms with Gasteiger partial charge in [-0.1, -0.05) is 38.5 Å². The number of aliphatic carboxylic acids is 1. The second kappa shape index (κ2) is 11.4. The number of likely N-dealkylation sites (tertiary alicyclic amines) is 1. The standard InChI is InChI=1S/C29H38F3NO3/c1-3-19-7-12-23(13-8-19)36-26-14-11-21-9-10-22(17-24(21)28(26)29(30,31)32)25(4-2)33-15-5-6-20(18-33)16-27(34)35/h9-11,14,17,19-20,23,25H,3-8,12-13,15-16,18H2,1-2H3,(H,34,35). The van der Waals surface area contributed by atoms with Crippen molar-refractivity contribution >= 4 is 16.7 Å². The van der Waals surface area contributed by atoms with Crippen LogP contribution < -0.4 is 4.74 Å². The van der Waals surface area contributed by atoms with Crippen LogP contribution >= 0.6 is 0 Å². The molecule has 0 radical (unpaired) electrons. The van der Waals surface area contributed by atoms with Crippen molar-refractivity contribution < 1.29 is 27.8 Å². The van der Waals surface area contributed by atoms with E-state index < -0.39 is 17.7 Å². The molecule has 0 aromatic heterocycles. The normalized spacial score (nSPS) is 24.5. The second-order valence-corrected chi connectivity index (χ2v) is 10.6. The molecule has 1 aliphatic carbocycles. The Hall–Kier alpha value is -2.28. The van der Waals surface area contributed by atoms with Gasteiger partial charge in [0.05, 0.1) is 6.10 Å². The zero-order valence-corrected chi connectivity index (χ0v) is 21.3. The molecule has 1 heterocycles. The highest BCUT2D eigenvalue weighted by Gasteiger charge is 2.38. The summed E-state index contributed by atoms with van der Waals surface area (Å²) in [6, 6.07) is 8.54. The van der Waals surface area contributed by atoms with Gasteiger partial charge in [-0.05, 0) is 91.8 Å². The summed E-state index contributed by atoms with van der Waals surface area (Å²) >= 11 is 0. The Kier molecular flexibility index (Phi) is 8.48. The van der Waals surface area contributed by atoms with E-state index in [4.69, 9.17) is 4.74 Å². The van der Waals surface area contributed by atoms with Crippen LogP contribution in [0.2, 0.25) is 0 Å². The molecule has 0 amide bonds. The summed E-state index contributed by atoms with van der Waals surface area (Å²) < 4.78 is 49.4. The van der Waals surface area contributed by atoms with Gasteiger partial charge in [0.2, 0.25) is 0 Å². The van der Waals surface area contributed by atoms with Crippen molar-refractivity contribution in [1.82, 2.24) is 4.90 Å². The Morgan fingerprint density at radius 2 is 1.81 bits per heavy atom. The van der Waals surface area contributed by atoms with Crippen LogP contribution in [0.3, 0.4) is 0 Å². The molecule has 2 aliphatic rings. The van der Waals surface area contributed by atoms with Gasteiger partial charge in [0.15, 0.2) is 0 Å². The molecule has 4 nitrogen and oxygen atoms in total. The molecule has 1 saturated heterocycles. The first kappa shape index (κ1) is 26.8. The molecule has 2 aromatic rings. The van der Waals surface area contributed by atoms with E-state index in [2.05, 4.69) is 11.8 Å². The first-order chi connectivity index (χ1) is 17.2. The lowest BCUT2D eigenvalue weighted by Gasteiger charge is -2.38. The van der Waals surface area contributed by atoms with Gasteiger partial charge in [0.1, 0.15) is 11.3 Å². The molecule has 0 spiro atoms. The summed E-state index contributed by atoms with van der Waals surface area (Å²) in [6.45, 7) is 5.67. The van der Waals surface area contributed by atoms with Gasteiger partial charge in [-0.15, -0.1) is 0 Å². The number of benzene rings is 2. The van der Waals surface area contributed by atoms with E-state index >= 15 is 0 Å². The number of nitrogens with zero attached hydrogens (tertiary/aromatic N) is 1. The zero-order valence-electron chi connectivity index (χ0n) is 21.3. The molecule has 4 rings (SSSR count). The third kappa shape index (κ3) is 6.16. The number of halogens is 3. The van der Waals surface area contributed by atoms with Crippen LogP contribution in [0, 0.1) is 11.8 Å². The second-order valence-electron chi connectivity index (χ2n) is 10.6. The number of carboxylic acid groups (broad SMARTS) is 1. The molecule has 1 N–H and O–H groups in total. The summed E-state index contributed by atoms with van der Waals surface area (Å²) in [5, 5.41) is 9.95. The first-order valence-electron chi connectivity index (χ1n) is 13.5. The lowest BCUT2D eigenvalue weighted by Crippen LogP contribution is -2.38. The molecule has 2 atom stereocenters. The summed E-state index contributed by atoms with van der Waals surface area (Å²) in [4.78, 5) is 13.5. The average molecular weight is 506 g/mol. The molecule has 36 heavy (non-hydrogen) atoms. The van der Waals surface area contributed by atoms with Crippen molar-refractivity contribution in [2.24, 2.45) is 11.8 Å². The Morgan fingerprint density at radius 3 is 2.44 bits per heavy atom. The fraction of sp³-hybridized carbons (Fsp3) is 0.621. The number of hydrogen-bond donors (Lipinski definition) is 1. The topological polar surface area (TPSA) is 49.8 Å². The number of carbonyl (C=O) groups is 1. The predicted octanol–water partition coefficient (Wildman–Crippen LogP) is 7.84. The van der Waals surface area contributed by atoms with Crippen molar-refractivity contribution in [3.63, 3.8) is 0 Å². The van der Waals surface area contributed by atoms with Crippen molar-refractivity contribution in [3.05, 3.63) is 41.5 Å².